The van der Waals surface area contributed by atoms with Gasteiger partial charge >= 0.3 is 0 Å². The second-order valence-electron chi connectivity index (χ2n) is 4.97. The summed E-state index contributed by atoms with van der Waals surface area (Å²) in [6.07, 6.45) is 0. The van der Waals surface area contributed by atoms with Crippen LogP contribution in [0.2, 0.25) is 0 Å². The zero-order chi connectivity index (χ0) is 14.7. The van der Waals surface area contributed by atoms with Gasteiger partial charge in [0.05, 0.1) is 22.1 Å². The summed E-state index contributed by atoms with van der Waals surface area (Å²) in [5.41, 5.74) is -0.715. The molecule has 0 fully saturated rings. The molecule has 1 aromatic carbocycles. The van der Waals surface area contributed by atoms with E-state index in [4.69, 9.17) is 5.26 Å². The molecule has 2 N–H and O–H groups in total. The molecular formula is C13H18N2O3S. The lowest BCUT2D eigenvalue weighted by Gasteiger charge is -2.27. The number of nitrogens with zero attached hydrogens (tertiary/aromatic N) is 1. The van der Waals surface area contributed by atoms with E-state index in [0.717, 1.165) is 0 Å². The van der Waals surface area contributed by atoms with Gasteiger partial charge in [-0.2, -0.15) is 5.26 Å². The maximum atomic E-state index is 12.0. The van der Waals surface area contributed by atoms with E-state index in [9.17, 15) is 13.5 Å². The van der Waals surface area contributed by atoms with Crippen molar-refractivity contribution in [2.24, 2.45) is 5.92 Å². The van der Waals surface area contributed by atoms with Gasteiger partial charge in [-0.05, 0) is 37.1 Å². The maximum Gasteiger partial charge on any atom is 0.240 e. The van der Waals surface area contributed by atoms with Crippen LogP contribution in [-0.4, -0.2) is 25.7 Å². The molecule has 19 heavy (non-hydrogen) atoms. The highest BCUT2D eigenvalue weighted by molar-refractivity contribution is 7.89. The number of sulfonamides is 1. The minimum absolute atomic E-state index is 0.0625. The van der Waals surface area contributed by atoms with Crippen LogP contribution < -0.4 is 4.72 Å². The van der Waals surface area contributed by atoms with Crippen LogP contribution in [0.1, 0.15) is 26.3 Å². The standard InChI is InChI=1S/C13H18N2O3S/c1-10(2)13(3,16)9-15-19(17,18)12-6-4-11(8-14)5-7-12/h4-7,10,15-16H,9H2,1-3H3. The third-order valence-corrected chi connectivity index (χ3v) is 4.57. The van der Waals surface area contributed by atoms with Crippen LogP contribution in [0, 0.1) is 17.2 Å². The van der Waals surface area contributed by atoms with E-state index < -0.39 is 15.6 Å². The highest BCUT2D eigenvalue weighted by atomic mass is 32.2. The van der Waals surface area contributed by atoms with Gasteiger partial charge in [-0.1, -0.05) is 13.8 Å². The van der Waals surface area contributed by atoms with Crippen LogP contribution in [0.25, 0.3) is 0 Å². The van der Waals surface area contributed by atoms with Gasteiger partial charge in [0.2, 0.25) is 10.0 Å². The molecule has 104 valence electrons. The quantitative estimate of drug-likeness (QED) is 0.850. The van der Waals surface area contributed by atoms with Gasteiger partial charge < -0.3 is 5.11 Å². The van der Waals surface area contributed by atoms with Crippen molar-refractivity contribution in [3.8, 4) is 6.07 Å². The van der Waals surface area contributed by atoms with Gasteiger partial charge in [-0.25, -0.2) is 13.1 Å². The molecule has 0 heterocycles. The Morgan fingerprint density at radius 1 is 1.37 bits per heavy atom. The molecule has 1 atom stereocenters. The lowest BCUT2D eigenvalue weighted by molar-refractivity contribution is 0.0190. The molecular weight excluding hydrogens is 264 g/mol. The van der Waals surface area contributed by atoms with Crippen molar-refractivity contribution >= 4 is 10.0 Å². The smallest absolute Gasteiger partial charge is 0.240 e. The van der Waals surface area contributed by atoms with Crippen molar-refractivity contribution in [3.63, 3.8) is 0 Å². The highest BCUT2D eigenvalue weighted by Crippen LogP contribution is 2.16. The summed E-state index contributed by atoms with van der Waals surface area (Å²) in [7, 11) is -3.67. The minimum atomic E-state index is -3.67. The molecule has 0 amide bonds. The lowest BCUT2D eigenvalue weighted by atomic mass is 9.93. The Labute approximate surface area is 113 Å². The van der Waals surface area contributed by atoms with Gasteiger partial charge in [-0.3, -0.25) is 0 Å². The highest BCUT2D eigenvalue weighted by Gasteiger charge is 2.27. The van der Waals surface area contributed by atoms with E-state index in [1.807, 2.05) is 19.9 Å². The minimum Gasteiger partial charge on any atom is -0.389 e. The van der Waals surface area contributed by atoms with Crippen molar-refractivity contribution in [1.29, 1.82) is 5.26 Å². The molecule has 0 aromatic heterocycles. The largest absolute Gasteiger partial charge is 0.389 e. The summed E-state index contributed by atoms with van der Waals surface area (Å²) in [5, 5.41) is 18.7. The fourth-order valence-corrected chi connectivity index (χ4v) is 2.38. The molecule has 5 nitrogen and oxygen atoms in total. The van der Waals surface area contributed by atoms with Crippen LogP contribution in [0.15, 0.2) is 29.2 Å². The van der Waals surface area contributed by atoms with Gasteiger partial charge in [0.25, 0.3) is 0 Å². The van der Waals surface area contributed by atoms with Crippen LogP contribution in [0.3, 0.4) is 0 Å². The SMILES string of the molecule is CC(C)C(C)(O)CNS(=O)(=O)c1ccc(C#N)cc1. The van der Waals surface area contributed by atoms with Crippen molar-refractivity contribution in [2.75, 3.05) is 6.54 Å². The van der Waals surface area contributed by atoms with E-state index in [1.165, 1.54) is 24.3 Å². The van der Waals surface area contributed by atoms with Crippen molar-refractivity contribution in [3.05, 3.63) is 29.8 Å². The monoisotopic (exact) mass is 282 g/mol. The third-order valence-electron chi connectivity index (χ3n) is 3.16. The molecule has 0 aliphatic rings. The van der Waals surface area contributed by atoms with Gasteiger partial charge in [0.1, 0.15) is 0 Å². The average Bonchev–Trinajstić information content (AvgIpc) is 2.36. The number of nitriles is 1. The summed E-state index contributed by atoms with van der Waals surface area (Å²) in [6.45, 7) is 5.15. The first-order valence-electron chi connectivity index (χ1n) is 5.91. The summed E-state index contributed by atoms with van der Waals surface area (Å²) >= 11 is 0. The molecule has 0 spiro atoms. The van der Waals surface area contributed by atoms with Gasteiger partial charge in [0.15, 0.2) is 0 Å². The second-order valence-corrected chi connectivity index (χ2v) is 6.74. The average molecular weight is 282 g/mol. The zero-order valence-corrected chi connectivity index (χ0v) is 12.0. The third kappa shape index (κ3) is 4.03. The van der Waals surface area contributed by atoms with E-state index in [-0.39, 0.29) is 17.4 Å². The molecule has 0 bridgehead atoms. The Morgan fingerprint density at radius 2 is 1.89 bits per heavy atom. The summed E-state index contributed by atoms with van der Waals surface area (Å²) in [6, 6.07) is 7.53. The predicted octanol–water partition coefficient (Wildman–Crippen LogP) is 1.24. The van der Waals surface area contributed by atoms with Gasteiger partial charge in [0, 0.05) is 6.54 Å². The van der Waals surface area contributed by atoms with E-state index in [1.54, 1.807) is 6.92 Å². The first kappa shape index (κ1) is 15.6. The van der Waals surface area contributed by atoms with Crippen molar-refractivity contribution < 1.29 is 13.5 Å². The summed E-state index contributed by atoms with van der Waals surface area (Å²) < 4.78 is 26.4. The molecule has 0 aliphatic heterocycles. The number of rotatable bonds is 5. The second kappa shape index (κ2) is 5.70. The Balaban J connectivity index is 2.85. The molecule has 1 unspecified atom stereocenters. The Kier molecular flexibility index (Phi) is 4.69. The fourth-order valence-electron chi connectivity index (χ4n) is 1.24. The molecule has 0 radical (unpaired) electrons. The van der Waals surface area contributed by atoms with E-state index >= 15 is 0 Å². The Morgan fingerprint density at radius 3 is 2.32 bits per heavy atom. The zero-order valence-electron chi connectivity index (χ0n) is 11.2. The van der Waals surface area contributed by atoms with Crippen molar-refractivity contribution in [1.82, 2.24) is 4.72 Å². The maximum absolute atomic E-state index is 12.0. The molecule has 0 aliphatic carbocycles. The van der Waals surface area contributed by atoms with Gasteiger partial charge in [-0.15, -0.1) is 0 Å². The van der Waals surface area contributed by atoms with E-state index in [0.29, 0.717) is 5.56 Å². The summed E-state index contributed by atoms with van der Waals surface area (Å²) in [4.78, 5) is 0.0751. The predicted molar refractivity (Wildman–Crippen MR) is 71.8 cm³/mol. The number of hydrogen-bond acceptors (Lipinski definition) is 4. The molecule has 0 saturated carbocycles. The fraction of sp³-hybridized carbons (Fsp3) is 0.462. The normalized spacial score (nSPS) is 14.9. The van der Waals surface area contributed by atoms with Crippen LogP contribution in [0.5, 0.6) is 0 Å². The number of aliphatic hydroxyl groups is 1. The first-order valence-corrected chi connectivity index (χ1v) is 7.39. The number of benzene rings is 1. The number of hydrogen-bond donors (Lipinski definition) is 2. The summed E-state index contributed by atoms with van der Waals surface area (Å²) in [5.74, 6) is -0.0730. The number of nitrogens with one attached hydrogen (secondary N) is 1. The molecule has 1 aromatic rings. The van der Waals surface area contributed by atoms with Crippen LogP contribution in [-0.2, 0) is 10.0 Å². The molecule has 0 saturated heterocycles. The van der Waals surface area contributed by atoms with Crippen molar-refractivity contribution in [2.45, 2.75) is 31.3 Å². The Bertz CT molecular complexity index is 569. The Hall–Kier alpha value is -1.42. The lowest BCUT2D eigenvalue weighted by Crippen LogP contribution is -2.44. The van der Waals surface area contributed by atoms with E-state index in [2.05, 4.69) is 4.72 Å². The molecule has 6 heteroatoms. The first-order chi connectivity index (χ1) is 8.69. The molecule has 1 rings (SSSR count). The topological polar surface area (TPSA) is 90.2 Å². The van der Waals surface area contributed by atoms with Crippen LogP contribution >= 0.6 is 0 Å². The van der Waals surface area contributed by atoms with Crippen LogP contribution in [0.4, 0.5) is 0 Å².